The van der Waals surface area contributed by atoms with E-state index in [1.54, 1.807) is 0 Å². The Hall–Kier alpha value is -7.69. The minimum atomic E-state index is 0.694. The van der Waals surface area contributed by atoms with Crippen molar-refractivity contribution in [2.45, 2.75) is 0 Å². The molecule has 57 heavy (non-hydrogen) atoms. The highest BCUT2D eigenvalue weighted by molar-refractivity contribution is 6.09. The van der Waals surface area contributed by atoms with Crippen LogP contribution in [0.1, 0.15) is 0 Å². The van der Waals surface area contributed by atoms with Crippen molar-refractivity contribution in [2.75, 3.05) is 0 Å². The maximum Gasteiger partial charge on any atom is 0.160 e. The molecule has 4 heteroatoms. The van der Waals surface area contributed by atoms with E-state index in [-0.39, 0.29) is 0 Å². The number of nitrogens with zero attached hydrogens (tertiary/aromatic N) is 4. The molecule has 0 bridgehead atoms. The molecule has 0 aliphatic carbocycles. The second-order valence-electron chi connectivity index (χ2n) is 14.4. The van der Waals surface area contributed by atoms with Crippen molar-refractivity contribution in [1.82, 2.24) is 19.5 Å². The zero-order valence-corrected chi connectivity index (χ0v) is 30.9. The van der Waals surface area contributed by atoms with Crippen molar-refractivity contribution in [3.8, 4) is 61.8 Å². The molecular formula is C53H34N4. The molecule has 0 unspecified atom stereocenters. The van der Waals surface area contributed by atoms with Crippen molar-refractivity contribution in [3.63, 3.8) is 0 Å². The van der Waals surface area contributed by atoms with Crippen LogP contribution < -0.4 is 0 Å². The smallest absolute Gasteiger partial charge is 0.160 e. The fraction of sp³-hybridized carbons (Fsp3) is 0. The Morgan fingerprint density at radius 2 is 0.947 bits per heavy atom. The van der Waals surface area contributed by atoms with Crippen LogP contribution >= 0.6 is 0 Å². The molecule has 11 rings (SSSR count). The number of rotatable bonds is 6. The predicted octanol–water partition coefficient (Wildman–Crippen LogP) is 13.6. The van der Waals surface area contributed by atoms with Crippen LogP contribution in [0.3, 0.4) is 0 Å². The quantitative estimate of drug-likeness (QED) is 0.171. The fourth-order valence-corrected chi connectivity index (χ4v) is 8.50. The van der Waals surface area contributed by atoms with E-state index in [1.165, 1.54) is 38.0 Å². The highest BCUT2D eigenvalue weighted by Crippen LogP contribution is 2.41. The molecule has 0 spiro atoms. The summed E-state index contributed by atoms with van der Waals surface area (Å²) in [4.78, 5) is 15.0. The summed E-state index contributed by atoms with van der Waals surface area (Å²) in [6.07, 6.45) is 3.83. The van der Waals surface area contributed by atoms with Gasteiger partial charge in [-0.05, 0) is 74.1 Å². The molecule has 0 atom stereocenters. The molecule has 0 aliphatic rings. The Labute approximate surface area is 330 Å². The van der Waals surface area contributed by atoms with Crippen LogP contribution in [0, 0.1) is 0 Å². The van der Waals surface area contributed by atoms with Gasteiger partial charge in [-0.15, -0.1) is 0 Å². The average molecular weight is 727 g/mol. The van der Waals surface area contributed by atoms with E-state index in [1.807, 2.05) is 30.6 Å². The lowest BCUT2D eigenvalue weighted by Crippen LogP contribution is -1.98. The van der Waals surface area contributed by atoms with Crippen LogP contribution in [0.25, 0.3) is 105 Å². The van der Waals surface area contributed by atoms with Crippen LogP contribution in [0.15, 0.2) is 207 Å². The van der Waals surface area contributed by atoms with Crippen molar-refractivity contribution >= 4 is 43.4 Å². The van der Waals surface area contributed by atoms with Gasteiger partial charge in [-0.1, -0.05) is 164 Å². The monoisotopic (exact) mass is 726 g/mol. The first-order valence-corrected chi connectivity index (χ1v) is 19.3. The molecule has 0 fully saturated rings. The molecule has 3 aromatic heterocycles. The molecule has 0 saturated carbocycles. The number of hydrogen-bond donors (Lipinski definition) is 0. The van der Waals surface area contributed by atoms with Crippen LogP contribution in [-0.4, -0.2) is 19.5 Å². The number of fused-ring (bicyclic) bond motifs is 5. The Morgan fingerprint density at radius 1 is 0.368 bits per heavy atom. The van der Waals surface area contributed by atoms with Crippen molar-refractivity contribution in [3.05, 3.63) is 207 Å². The normalized spacial score (nSPS) is 11.5. The highest BCUT2D eigenvalue weighted by atomic mass is 15.0. The largest absolute Gasteiger partial charge is 0.308 e. The summed E-state index contributed by atoms with van der Waals surface area (Å²) < 4.78 is 2.30. The average Bonchev–Trinajstić information content (AvgIpc) is 3.63. The fourth-order valence-electron chi connectivity index (χ4n) is 8.50. The zero-order chi connectivity index (χ0) is 37.7. The summed E-state index contributed by atoms with van der Waals surface area (Å²) in [5, 5.41) is 7.11. The van der Waals surface area contributed by atoms with E-state index in [0.717, 1.165) is 61.4 Å². The van der Waals surface area contributed by atoms with Gasteiger partial charge in [0.15, 0.2) is 5.82 Å². The molecule has 8 aromatic carbocycles. The van der Waals surface area contributed by atoms with E-state index in [2.05, 4.69) is 185 Å². The van der Waals surface area contributed by atoms with Gasteiger partial charge < -0.3 is 4.57 Å². The molecule has 0 radical (unpaired) electrons. The molecule has 266 valence electrons. The summed E-state index contributed by atoms with van der Waals surface area (Å²) >= 11 is 0. The third-order valence-electron chi connectivity index (χ3n) is 11.1. The van der Waals surface area contributed by atoms with Gasteiger partial charge in [0.05, 0.1) is 28.6 Å². The standard InChI is InChI=1S/C53H34N4/c1-3-14-37(15-4-1)52-41-18-8-7-13-35(41)25-28-47(52)49-33-48(55-53(56-49)38-16-5-2-6-17-38)44-30-29-40(42-19-9-10-20-43(42)44)36-23-26-39(27-24-36)57-50-22-12-11-21-45(50)46-31-32-54-34-51(46)57/h1-34H. The lowest BCUT2D eigenvalue weighted by molar-refractivity contribution is 1.17. The Balaban J connectivity index is 1.07. The van der Waals surface area contributed by atoms with Gasteiger partial charge >= 0.3 is 0 Å². The SMILES string of the molecule is c1ccc(-c2nc(-c3ccc4ccccc4c3-c3ccccc3)cc(-c3ccc(-c4ccc(-n5c6ccccc6c6ccncc65)cc4)c4ccccc34)n2)cc1. The van der Waals surface area contributed by atoms with Crippen molar-refractivity contribution < 1.29 is 0 Å². The molecule has 3 heterocycles. The molecule has 0 saturated heterocycles. The van der Waals surface area contributed by atoms with E-state index < -0.39 is 0 Å². The number of para-hydroxylation sites is 1. The predicted molar refractivity (Wildman–Crippen MR) is 236 cm³/mol. The van der Waals surface area contributed by atoms with E-state index in [9.17, 15) is 0 Å². The molecule has 4 nitrogen and oxygen atoms in total. The van der Waals surface area contributed by atoms with E-state index in [4.69, 9.17) is 9.97 Å². The first-order valence-electron chi connectivity index (χ1n) is 19.3. The number of aromatic nitrogens is 4. The Bertz CT molecular complexity index is 3220. The number of benzene rings is 8. The lowest BCUT2D eigenvalue weighted by atomic mass is 9.90. The van der Waals surface area contributed by atoms with Gasteiger partial charge in [0, 0.05) is 39.3 Å². The molecule has 11 aromatic rings. The number of hydrogen-bond acceptors (Lipinski definition) is 3. The van der Waals surface area contributed by atoms with Gasteiger partial charge in [-0.25, -0.2) is 9.97 Å². The minimum absolute atomic E-state index is 0.694. The third kappa shape index (κ3) is 5.58. The molecule has 0 N–H and O–H groups in total. The van der Waals surface area contributed by atoms with E-state index in [0.29, 0.717) is 5.82 Å². The first kappa shape index (κ1) is 32.7. The second-order valence-corrected chi connectivity index (χ2v) is 14.4. The molecule has 0 aliphatic heterocycles. The summed E-state index contributed by atoms with van der Waals surface area (Å²) in [5.41, 5.74) is 12.9. The second kappa shape index (κ2) is 13.6. The maximum atomic E-state index is 5.29. The van der Waals surface area contributed by atoms with Gasteiger partial charge in [-0.2, -0.15) is 0 Å². The first-order chi connectivity index (χ1) is 28.3. The summed E-state index contributed by atoms with van der Waals surface area (Å²) in [7, 11) is 0. The topological polar surface area (TPSA) is 43.6 Å². The van der Waals surface area contributed by atoms with Gasteiger partial charge in [-0.3, -0.25) is 4.98 Å². The van der Waals surface area contributed by atoms with Crippen LogP contribution in [0.2, 0.25) is 0 Å². The van der Waals surface area contributed by atoms with Gasteiger partial charge in [0.2, 0.25) is 0 Å². The van der Waals surface area contributed by atoms with Crippen LogP contribution in [0.5, 0.6) is 0 Å². The number of pyridine rings is 1. The Morgan fingerprint density at radius 3 is 1.72 bits per heavy atom. The third-order valence-corrected chi connectivity index (χ3v) is 11.1. The highest BCUT2D eigenvalue weighted by Gasteiger charge is 2.19. The zero-order valence-electron chi connectivity index (χ0n) is 30.9. The van der Waals surface area contributed by atoms with Crippen LogP contribution in [0.4, 0.5) is 0 Å². The summed E-state index contributed by atoms with van der Waals surface area (Å²) in [6.45, 7) is 0. The van der Waals surface area contributed by atoms with E-state index >= 15 is 0 Å². The summed E-state index contributed by atoms with van der Waals surface area (Å²) in [5.74, 6) is 0.694. The van der Waals surface area contributed by atoms with Gasteiger partial charge in [0.25, 0.3) is 0 Å². The maximum absolute atomic E-state index is 5.29. The Kier molecular flexibility index (Phi) is 7.78. The van der Waals surface area contributed by atoms with Crippen LogP contribution in [-0.2, 0) is 0 Å². The molecule has 0 amide bonds. The molecular weight excluding hydrogens is 693 g/mol. The minimum Gasteiger partial charge on any atom is -0.308 e. The van der Waals surface area contributed by atoms with Gasteiger partial charge in [0.1, 0.15) is 0 Å². The summed E-state index contributed by atoms with van der Waals surface area (Å²) in [6, 6.07) is 68.8. The van der Waals surface area contributed by atoms with Crippen molar-refractivity contribution in [2.24, 2.45) is 0 Å². The van der Waals surface area contributed by atoms with Crippen molar-refractivity contribution in [1.29, 1.82) is 0 Å². The lowest BCUT2D eigenvalue weighted by Gasteiger charge is -2.17.